The monoisotopic (exact) mass is 363 g/mol. The summed E-state index contributed by atoms with van der Waals surface area (Å²) in [6.07, 6.45) is 2.23. The minimum Gasteiger partial charge on any atom is -0.381 e. The Bertz CT molecular complexity index is 645. The van der Waals surface area contributed by atoms with Crippen LogP contribution < -0.4 is 15.8 Å². The molecule has 23 heavy (non-hydrogen) atoms. The molecule has 0 aromatic heterocycles. The Balaban J connectivity index is 0.00000264. The van der Waals surface area contributed by atoms with E-state index in [2.05, 4.69) is 10.0 Å². The van der Waals surface area contributed by atoms with Crippen molar-refractivity contribution < 1.29 is 17.9 Å². The molecule has 0 saturated carbocycles. The number of hydrogen-bond donors (Lipinski definition) is 3. The summed E-state index contributed by atoms with van der Waals surface area (Å²) in [5.41, 5.74) is 6.09. The molecule has 0 unspecified atom stereocenters. The van der Waals surface area contributed by atoms with E-state index in [0.29, 0.717) is 37.4 Å². The molecule has 1 heterocycles. The van der Waals surface area contributed by atoms with Crippen molar-refractivity contribution in [1.82, 2.24) is 0 Å². The van der Waals surface area contributed by atoms with E-state index in [9.17, 15) is 13.2 Å². The van der Waals surface area contributed by atoms with Crippen LogP contribution in [0.3, 0.4) is 0 Å². The van der Waals surface area contributed by atoms with Gasteiger partial charge in [0.2, 0.25) is 15.9 Å². The number of nitrogens with two attached hydrogens (primary N) is 1. The van der Waals surface area contributed by atoms with Crippen LogP contribution >= 0.6 is 12.4 Å². The van der Waals surface area contributed by atoms with Gasteiger partial charge in [0.25, 0.3) is 0 Å². The number of benzene rings is 1. The molecule has 2 rings (SSSR count). The second-order valence-electron chi connectivity index (χ2n) is 5.51. The first-order valence-electron chi connectivity index (χ1n) is 7.02. The molecule has 1 aromatic carbocycles. The van der Waals surface area contributed by atoms with Gasteiger partial charge in [-0.3, -0.25) is 9.52 Å². The quantitative estimate of drug-likeness (QED) is 0.727. The van der Waals surface area contributed by atoms with Crippen LogP contribution in [0.2, 0.25) is 0 Å². The number of carbonyl (C=O) groups is 1. The average molecular weight is 364 g/mol. The van der Waals surface area contributed by atoms with Crippen molar-refractivity contribution in [3.05, 3.63) is 24.3 Å². The van der Waals surface area contributed by atoms with E-state index in [1.807, 2.05) is 0 Å². The van der Waals surface area contributed by atoms with Gasteiger partial charge >= 0.3 is 0 Å². The van der Waals surface area contributed by atoms with Crippen LogP contribution in [0.15, 0.2) is 24.3 Å². The number of amides is 1. The lowest BCUT2D eigenvalue weighted by Crippen LogP contribution is -2.46. The second-order valence-corrected chi connectivity index (χ2v) is 7.25. The molecule has 7 nitrogen and oxygen atoms in total. The topological polar surface area (TPSA) is 111 Å². The molecule has 130 valence electrons. The largest absolute Gasteiger partial charge is 0.381 e. The maximum atomic E-state index is 12.5. The molecule has 4 N–H and O–H groups in total. The maximum Gasteiger partial charge on any atom is 0.232 e. The molecule has 0 spiro atoms. The number of halogens is 1. The summed E-state index contributed by atoms with van der Waals surface area (Å²) in [4.78, 5) is 12.5. The first-order chi connectivity index (χ1) is 10.3. The predicted octanol–water partition coefficient (Wildman–Crippen LogP) is 1.17. The Kier molecular flexibility index (Phi) is 6.82. The molecule has 1 amide bonds. The predicted molar refractivity (Wildman–Crippen MR) is 92.3 cm³/mol. The third kappa shape index (κ3) is 5.35. The van der Waals surface area contributed by atoms with Gasteiger partial charge in [-0.2, -0.15) is 0 Å². The van der Waals surface area contributed by atoms with Crippen molar-refractivity contribution in [3.63, 3.8) is 0 Å². The average Bonchev–Trinajstić information content (AvgIpc) is 2.46. The number of nitrogens with one attached hydrogen (secondary N) is 2. The van der Waals surface area contributed by atoms with Gasteiger partial charge in [-0.05, 0) is 31.0 Å². The first kappa shape index (κ1) is 19.7. The number of anilines is 2. The van der Waals surface area contributed by atoms with Gasteiger partial charge in [0, 0.05) is 25.4 Å². The molecule has 1 aliphatic heterocycles. The Morgan fingerprint density at radius 1 is 1.30 bits per heavy atom. The van der Waals surface area contributed by atoms with Gasteiger partial charge < -0.3 is 15.8 Å². The highest BCUT2D eigenvalue weighted by atomic mass is 35.5. The molecule has 1 aliphatic rings. The Morgan fingerprint density at radius 3 is 2.48 bits per heavy atom. The fourth-order valence-electron chi connectivity index (χ4n) is 2.42. The van der Waals surface area contributed by atoms with E-state index in [1.165, 1.54) is 0 Å². The van der Waals surface area contributed by atoms with E-state index in [4.69, 9.17) is 10.5 Å². The molecule has 0 atom stereocenters. The van der Waals surface area contributed by atoms with Crippen LogP contribution in [-0.2, 0) is 19.6 Å². The van der Waals surface area contributed by atoms with Crippen molar-refractivity contribution >= 4 is 39.7 Å². The third-order valence-corrected chi connectivity index (χ3v) is 4.35. The van der Waals surface area contributed by atoms with Crippen molar-refractivity contribution in [1.29, 1.82) is 0 Å². The number of carbonyl (C=O) groups excluding carboxylic acids is 1. The van der Waals surface area contributed by atoms with Gasteiger partial charge in [-0.15, -0.1) is 12.4 Å². The maximum absolute atomic E-state index is 12.5. The standard InChI is InChI=1S/C14H21N3O4S.ClH/c1-22(19,20)17-12-4-2-3-11(9-12)16-13(18)14(10-15)5-7-21-8-6-14;/h2-4,9,17H,5-8,10,15H2,1H3,(H,16,18);1H. The van der Waals surface area contributed by atoms with Gasteiger partial charge in [-0.1, -0.05) is 6.07 Å². The highest BCUT2D eigenvalue weighted by Gasteiger charge is 2.38. The van der Waals surface area contributed by atoms with Gasteiger partial charge in [0.1, 0.15) is 0 Å². The van der Waals surface area contributed by atoms with Gasteiger partial charge in [0.15, 0.2) is 0 Å². The second kappa shape index (κ2) is 7.96. The van der Waals surface area contributed by atoms with Gasteiger partial charge in [-0.25, -0.2) is 8.42 Å². The van der Waals surface area contributed by atoms with E-state index in [1.54, 1.807) is 24.3 Å². The zero-order chi connectivity index (χ0) is 16.2. The molecular weight excluding hydrogens is 342 g/mol. The highest BCUT2D eigenvalue weighted by molar-refractivity contribution is 7.92. The fraction of sp³-hybridized carbons (Fsp3) is 0.500. The molecule has 1 aromatic rings. The Hall–Kier alpha value is -1.35. The molecule has 0 aliphatic carbocycles. The number of sulfonamides is 1. The highest BCUT2D eigenvalue weighted by Crippen LogP contribution is 2.31. The van der Waals surface area contributed by atoms with Crippen LogP contribution in [0.1, 0.15) is 12.8 Å². The SMILES string of the molecule is CS(=O)(=O)Nc1cccc(NC(=O)C2(CN)CCOCC2)c1.Cl. The minimum absolute atomic E-state index is 0. The number of hydrogen-bond acceptors (Lipinski definition) is 5. The summed E-state index contributed by atoms with van der Waals surface area (Å²) in [6.45, 7) is 1.28. The van der Waals surface area contributed by atoms with Crippen molar-refractivity contribution in [3.8, 4) is 0 Å². The summed E-state index contributed by atoms with van der Waals surface area (Å²) in [7, 11) is -3.36. The molecule has 1 fully saturated rings. The summed E-state index contributed by atoms with van der Waals surface area (Å²) >= 11 is 0. The Labute approximate surface area is 142 Å². The van der Waals surface area contributed by atoms with Crippen LogP contribution in [-0.4, -0.2) is 40.3 Å². The van der Waals surface area contributed by atoms with Crippen LogP contribution in [0.25, 0.3) is 0 Å². The zero-order valence-electron chi connectivity index (χ0n) is 12.9. The fourth-order valence-corrected chi connectivity index (χ4v) is 2.98. The van der Waals surface area contributed by atoms with E-state index in [0.717, 1.165) is 6.26 Å². The summed E-state index contributed by atoms with van der Waals surface area (Å²) in [5.74, 6) is -0.158. The smallest absolute Gasteiger partial charge is 0.232 e. The molecular formula is C14H22ClN3O4S. The van der Waals surface area contributed by atoms with E-state index >= 15 is 0 Å². The summed E-state index contributed by atoms with van der Waals surface area (Å²) in [6, 6.07) is 6.56. The number of rotatable bonds is 5. The van der Waals surface area contributed by atoms with Crippen molar-refractivity contribution in [2.45, 2.75) is 12.8 Å². The molecule has 0 radical (unpaired) electrons. The third-order valence-electron chi connectivity index (χ3n) is 3.75. The van der Waals surface area contributed by atoms with Crippen LogP contribution in [0.4, 0.5) is 11.4 Å². The van der Waals surface area contributed by atoms with E-state index in [-0.39, 0.29) is 24.9 Å². The molecule has 1 saturated heterocycles. The normalized spacial score (nSPS) is 17.0. The lowest BCUT2D eigenvalue weighted by atomic mass is 9.79. The van der Waals surface area contributed by atoms with Gasteiger partial charge in [0.05, 0.1) is 17.4 Å². The summed E-state index contributed by atoms with van der Waals surface area (Å²) < 4.78 is 30.2. The first-order valence-corrected chi connectivity index (χ1v) is 8.91. The Morgan fingerprint density at radius 2 is 1.91 bits per heavy atom. The van der Waals surface area contributed by atoms with Crippen LogP contribution in [0.5, 0.6) is 0 Å². The zero-order valence-corrected chi connectivity index (χ0v) is 14.5. The summed E-state index contributed by atoms with van der Waals surface area (Å²) in [5, 5.41) is 2.82. The van der Waals surface area contributed by atoms with Crippen molar-refractivity contribution in [2.75, 3.05) is 36.1 Å². The lowest BCUT2D eigenvalue weighted by Gasteiger charge is -2.34. The molecule has 0 bridgehead atoms. The minimum atomic E-state index is -3.36. The van der Waals surface area contributed by atoms with Crippen LogP contribution in [0, 0.1) is 5.41 Å². The molecule has 9 heteroatoms. The van der Waals surface area contributed by atoms with E-state index < -0.39 is 15.4 Å². The number of ether oxygens (including phenoxy) is 1. The lowest BCUT2D eigenvalue weighted by molar-refractivity contribution is -0.130. The van der Waals surface area contributed by atoms with Crippen molar-refractivity contribution in [2.24, 2.45) is 11.1 Å².